The summed E-state index contributed by atoms with van der Waals surface area (Å²) in [5, 5.41) is 43.7. The molecule has 0 saturated carbocycles. The molecule has 0 bridgehead atoms. The lowest BCUT2D eigenvalue weighted by Gasteiger charge is -2.38. The van der Waals surface area contributed by atoms with Gasteiger partial charge in [-0.1, -0.05) is 0 Å². The van der Waals surface area contributed by atoms with E-state index in [0.717, 1.165) is 13.0 Å². The highest BCUT2D eigenvalue weighted by atomic mass is 16.6. The van der Waals surface area contributed by atoms with Crippen LogP contribution in [0.5, 0.6) is 0 Å². The van der Waals surface area contributed by atoms with E-state index in [2.05, 4.69) is 20.3 Å². The van der Waals surface area contributed by atoms with E-state index in [1.54, 1.807) is 0 Å². The zero-order chi connectivity index (χ0) is 17.6. The van der Waals surface area contributed by atoms with Gasteiger partial charge in [0.25, 0.3) is 0 Å². The van der Waals surface area contributed by atoms with Gasteiger partial charge < -0.3 is 35.3 Å². The number of amides is 1. The van der Waals surface area contributed by atoms with Crippen LogP contribution in [0.25, 0.3) is 10.4 Å². The second-order valence-electron chi connectivity index (χ2n) is 4.66. The number of hydrogen-bond acceptors (Lipinski definition) is 8. The summed E-state index contributed by atoms with van der Waals surface area (Å²) in [6.45, 7) is 0.536. The third-order valence-corrected chi connectivity index (χ3v) is 2.96. The quantitative estimate of drug-likeness (QED) is 0.155. The molecule has 128 valence electrons. The molecule has 0 aromatic heterocycles. The molecule has 12 heteroatoms. The summed E-state index contributed by atoms with van der Waals surface area (Å²) in [5.74, 6) is -2.71. The molecule has 5 atom stereocenters. The van der Waals surface area contributed by atoms with Gasteiger partial charge in [-0.05, 0) is 11.6 Å². The Bertz CT molecular complexity index is 532. The molecule has 0 radical (unpaired) electrons. The molecule has 5 N–H and O–H groups in total. The summed E-state index contributed by atoms with van der Waals surface area (Å²) >= 11 is 0. The summed E-state index contributed by atoms with van der Waals surface area (Å²) in [6.07, 6.45) is -5.48. The van der Waals surface area contributed by atoms with Crippen molar-refractivity contribution in [1.82, 2.24) is 5.32 Å². The number of ether oxygens (including phenoxy) is 1. The smallest absolute Gasteiger partial charge is 0.370 e. The van der Waals surface area contributed by atoms with Crippen LogP contribution in [0.1, 0.15) is 6.92 Å². The fourth-order valence-electron chi connectivity index (χ4n) is 1.97. The molecule has 0 saturated heterocycles. The Morgan fingerprint density at radius 3 is 2.74 bits per heavy atom. The molecule has 1 aliphatic heterocycles. The first-order chi connectivity index (χ1) is 10.8. The van der Waals surface area contributed by atoms with Crippen LogP contribution < -0.4 is 5.32 Å². The Kier molecular flexibility index (Phi) is 6.60. The molecular formula is C11H16N4O8. The van der Waals surface area contributed by atoms with Gasteiger partial charge in [0.2, 0.25) is 11.7 Å². The van der Waals surface area contributed by atoms with Gasteiger partial charge in [-0.2, -0.15) is 0 Å². The number of nitrogens with zero attached hydrogens (tertiary/aromatic N) is 3. The molecule has 0 fully saturated rings. The Morgan fingerprint density at radius 2 is 2.22 bits per heavy atom. The number of hydrogen-bond donors (Lipinski definition) is 5. The number of nitrogens with one attached hydrogen (secondary N) is 1. The van der Waals surface area contributed by atoms with Crippen molar-refractivity contribution in [2.75, 3.05) is 6.61 Å². The molecular weight excluding hydrogens is 316 g/mol. The van der Waals surface area contributed by atoms with Crippen molar-refractivity contribution < 1.29 is 39.6 Å². The van der Waals surface area contributed by atoms with Crippen molar-refractivity contribution in [3.8, 4) is 0 Å². The summed E-state index contributed by atoms with van der Waals surface area (Å²) in [5.41, 5.74) is 8.05. The van der Waals surface area contributed by atoms with Crippen LogP contribution >= 0.6 is 0 Å². The molecule has 0 aromatic rings. The fourth-order valence-corrected chi connectivity index (χ4v) is 1.97. The standard InChI is InChI=1S/C11H16N4O8/c1-4(16)13-8-5(17)2-7(11(20)21)23-10(8)9(19)6(18)3-22-15-14-12/h2,5-6,8-10,17-19H,3H2,1H3,(H,13,16)(H,20,21)/t5-,6+,8+,9+,10+/m0/s1. The minimum Gasteiger partial charge on any atom is -0.478 e. The molecule has 1 heterocycles. The minimum absolute atomic E-state index is 0.568. The molecule has 0 spiro atoms. The highest BCUT2D eigenvalue weighted by Gasteiger charge is 2.43. The monoisotopic (exact) mass is 332 g/mol. The van der Waals surface area contributed by atoms with Gasteiger partial charge in [0.1, 0.15) is 30.2 Å². The molecule has 1 amide bonds. The molecule has 0 unspecified atom stereocenters. The normalized spacial score (nSPS) is 25.9. The first-order valence-electron chi connectivity index (χ1n) is 6.37. The Labute approximate surface area is 129 Å². The number of aliphatic hydroxyl groups is 3. The number of aliphatic carboxylic acids is 1. The van der Waals surface area contributed by atoms with Gasteiger partial charge >= 0.3 is 5.97 Å². The van der Waals surface area contributed by atoms with Gasteiger partial charge in [-0.15, -0.1) is 0 Å². The van der Waals surface area contributed by atoms with Crippen molar-refractivity contribution in [2.24, 2.45) is 5.28 Å². The van der Waals surface area contributed by atoms with Crippen LogP contribution in [-0.4, -0.2) is 69.4 Å². The Balaban J connectivity index is 2.96. The van der Waals surface area contributed by atoms with E-state index in [1.165, 1.54) is 0 Å². The largest absolute Gasteiger partial charge is 0.478 e. The number of carboxylic acid groups (broad SMARTS) is 1. The van der Waals surface area contributed by atoms with E-state index in [-0.39, 0.29) is 0 Å². The maximum absolute atomic E-state index is 11.2. The third-order valence-electron chi connectivity index (χ3n) is 2.96. The maximum atomic E-state index is 11.2. The SMILES string of the molecule is CC(=O)N[C@H]1[C@H]([C@H](O)[C@H](O)CON=[N+]=[N-])OC(C(=O)O)=C[C@@H]1O. The number of carboxylic acids is 1. The van der Waals surface area contributed by atoms with Crippen molar-refractivity contribution >= 4 is 11.9 Å². The molecule has 1 aliphatic rings. The predicted octanol–water partition coefficient (Wildman–Crippen LogP) is -1.82. The van der Waals surface area contributed by atoms with Gasteiger partial charge in [-0.3, -0.25) is 4.79 Å². The van der Waals surface area contributed by atoms with Crippen LogP contribution in [-0.2, 0) is 19.2 Å². The second kappa shape index (κ2) is 8.19. The number of carbonyl (C=O) groups is 2. The number of azide groups is 1. The van der Waals surface area contributed by atoms with Crippen molar-refractivity contribution in [2.45, 2.75) is 37.4 Å². The number of aliphatic hydroxyl groups excluding tert-OH is 3. The summed E-state index contributed by atoms with van der Waals surface area (Å²) in [4.78, 5) is 28.8. The van der Waals surface area contributed by atoms with Crippen LogP contribution in [0.2, 0.25) is 0 Å². The summed E-state index contributed by atoms with van der Waals surface area (Å²) in [6, 6.07) is -1.21. The highest BCUT2D eigenvalue weighted by molar-refractivity contribution is 5.84. The molecule has 0 aliphatic carbocycles. The lowest BCUT2D eigenvalue weighted by atomic mass is 9.94. The lowest BCUT2D eigenvalue weighted by Crippen LogP contribution is -2.59. The zero-order valence-electron chi connectivity index (χ0n) is 11.9. The van der Waals surface area contributed by atoms with Crippen LogP contribution in [0, 0.1) is 0 Å². The van der Waals surface area contributed by atoms with Gasteiger partial charge in [0, 0.05) is 11.8 Å². The van der Waals surface area contributed by atoms with Crippen LogP contribution in [0.3, 0.4) is 0 Å². The molecule has 23 heavy (non-hydrogen) atoms. The predicted molar refractivity (Wildman–Crippen MR) is 71.3 cm³/mol. The highest BCUT2D eigenvalue weighted by Crippen LogP contribution is 2.23. The van der Waals surface area contributed by atoms with E-state index in [0.29, 0.717) is 0 Å². The fraction of sp³-hybridized carbons (Fsp3) is 0.636. The summed E-state index contributed by atoms with van der Waals surface area (Å²) < 4.78 is 5.04. The average molecular weight is 332 g/mol. The zero-order valence-corrected chi connectivity index (χ0v) is 11.9. The van der Waals surface area contributed by atoms with Crippen molar-refractivity contribution in [3.63, 3.8) is 0 Å². The first kappa shape index (κ1) is 18.5. The van der Waals surface area contributed by atoms with Crippen molar-refractivity contribution in [1.29, 1.82) is 0 Å². The number of rotatable bonds is 7. The average Bonchev–Trinajstić information content (AvgIpc) is 2.47. The molecule has 1 rings (SSSR count). The van der Waals surface area contributed by atoms with E-state index < -0.39 is 54.7 Å². The lowest BCUT2D eigenvalue weighted by molar-refractivity contribution is -0.150. The van der Waals surface area contributed by atoms with Crippen molar-refractivity contribution in [3.05, 3.63) is 22.3 Å². The third kappa shape index (κ3) is 5.00. The summed E-state index contributed by atoms with van der Waals surface area (Å²) in [7, 11) is 0. The van der Waals surface area contributed by atoms with Crippen LogP contribution in [0.15, 0.2) is 17.1 Å². The van der Waals surface area contributed by atoms with Gasteiger partial charge in [0.15, 0.2) is 6.10 Å². The first-order valence-corrected chi connectivity index (χ1v) is 6.37. The Hall–Kier alpha value is -2.53. The van der Waals surface area contributed by atoms with E-state index in [1.807, 2.05) is 0 Å². The minimum atomic E-state index is -1.75. The molecule has 12 nitrogen and oxygen atoms in total. The second-order valence-corrected chi connectivity index (χ2v) is 4.66. The topological polar surface area (TPSA) is 194 Å². The van der Waals surface area contributed by atoms with E-state index >= 15 is 0 Å². The number of carbonyl (C=O) groups excluding carboxylic acids is 1. The maximum Gasteiger partial charge on any atom is 0.370 e. The van der Waals surface area contributed by atoms with Gasteiger partial charge in [-0.25, -0.2) is 4.79 Å². The van der Waals surface area contributed by atoms with Gasteiger partial charge in [0.05, 0.1) is 6.04 Å². The van der Waals surface area contributed by atoms with Crippen LogP contribution in [0.4, 0.5) is 0 Å². The Morgan fingerprint density at radius 1 is 1.57 bits per heavy atom. The van der Waals surface area contributed by atoms with E-state index in [9.17, 15) is 24.9 Å². The van der Waals surface area contributed by atoms with E-state index in [4.69, 9.17) is 15.4 Å². The molecule has 0 aromatic carbocycles.